The van der Waals surface area contributed by atoms with Crippen molar-refractivity contribution in [1.82, 2.24) is 20.1 Å². The summed E-state index contributed by atoms with van der Waals surface area (Å²) in [6.07, 6.45) is 7.97. The topological polar surface area (TPSA) is 42.7 Å². The van der Waals surface area contributed by atoms with Gasteiger partial charge in [-0.25, -0.2) is 4.98 Å². The molecule has 20 heavy (non-hydrogen) atoms. The molecular formula is C16H30N4. The Morgan fingerprint density at radius 2 is 2.00 bits per heavy atom. The van der Waals surface area contributed by atoms with E-state index in [0.29, 0.717) is 10.8 Å². The summed E-state index contributed by atoms with van der Waals surface area (Å²) >= 11 is 0. The molecule has 2 rings (SSSR count). The van der Waals surface area contributed by atoms with Gasteiger partial charge in [0.05, 0.1) is 0 Å². The van der Waals surface area contributed by atoms with Crippen molar-refractivity contribution in [3.05, 3.63) is 12.2 Å². The average molecular weight is 278 g/mol. The Balaban J connectivity index is 2.07. The van der Waals surface area contributed by atoms with Crippen LogP contribution in [0.3, 0.4) is 0 Å². The summed E-state index contributed by atoms with van der Waals surface area (Å²) in [5.74, 6) is 1.97. The quantitative estimate of drug-likeness (QED) is 0.921. The molecule has 4 heteroatoms. The van der Waals surface area contributed by atoms with Gasteiger partial charge in [-0.2, -0.15) is 5.10 Å². The second kappa shape index (κ2) is 5.84. The zero-order valence-corrected chi connectivity index (χ0v) is 13.7. The third kappa shape index (κ3) is 3.40. The smallest absolute Gasteiger partial charge is 0.138 e. The Bertz CT molecular complexity index is 422. The molecule has 1 aliphatic carbocycles. The third-order valence-electron chi connectivity index (χ3n) is 5.16. The number of hydrogen-bond donors (Lipinski definition) is 1. The monoisotopic (exact) mass is 278 g/mol. The molecule has 4 nitrogen and oxygen atoms in total. The Morgan fingerprint density at radius 3 is 2.45 bits per heavy atom. The first-order chi connectivity index (χ1) is 9.36. The van der Waals surface area contributed by atoms with Crippen LogP contribution in [0.2, 0.25) is 0 Å². The Hall–Kier alpha value is -0.900. The molecule has 114 valence electrons. The molecule has 0 spiro atoms. The van der Waals surface area contributed by atoms with Gasteiger partial charge in [-0.15, -0.1) is 0 Å². The standard InChI is InChI=1S/C16H30N4/c1-15(2,3)13-6-8-16(9-7-13,11-17-4)10-14-18-12-19-20(14)5/h12-13,17H,6-11H2,1-5H3. The molecule has 1 aliphatic rings. The summed E-state index contributed by atoms with van der Waals surface area (Å²) in [7, 11) is 4.06. The lowest BCUT2D eigenvalue weighted by atomic mass is 9.63. The van der Waals surface area contributed by atoms with E-state index in [4.69, 9.17) is 0 Å². The van der Waals surface area contributed by atoms with Crippen LogP contribution in [0.5, 0.6) is 0 Å². The number of aromatic nitrogens is 3. The van der Waals surface area contributed by atoms with Crippen molar-refractivity contribution in [2.75, 3.05) is 13.6 Å². The van der Waals surface area contributed by atoms with E-state index < -0.39 is 0 Å². The fourth-order valence-electron chi connectivity index (χ4n) is 3.70. The van der Waals surface area contributed by atoms with Gasteiger partial charge in [0.1, 0.15) is 12.2 Å². The van der Waals surface area contributed by atoms with Crippen LogP contribution in [0.25, 0.3) is 0 Å². The van der Waals surface area contributed by atoms with Crippen molar-refractivity contribution in [2.24, 2.45) is 23.8 Å². The molecule has 0 aliphatic heterocycles. The average Bonchev–Trinajstić information content (AvgIpc) is 2.75. The maximum Gasteiger partial charge on any atom is 0.138 e. The Kier molecular flexibility index (Phi) is 4.52. The minimum Gasteiger partial charge on any atom is -0.319 e. The maximum atomic E-state index is 4.43. The predicted molar refractivity (Wildman–Crippen MR) is 82.5 cm³/mol. The molecule has 0 unspecified atom stereocenters. The molecule has 1 saturated carbocycles. The SMILES string of the molecule is CNCC1(Cc2ncnn2C)CCC(C(C)(C)C)CC1. The zero-order valence-electron chi connectivity index (χ0n) is 13.7. The zero-order chi connectivity index (χ0) is 14.8. The lowest BCUT2D eigenvalue weighted by molar-refractivity contribution is 0.0856. The highest BCUT2D eigenvalue weighted by atomic mass is 15.3. The summed E-state index contributed by atoms with van der Waals surface area (Å²) in [4.78, 5) is 4.43. The van der Waals surface area contributed by atoms with E-state index in [0.717, 1.165) is 24.7 Å². The summed E-state index contributed by atoms with van der Waals surface area (Å²) in [6, 6.07) is 0. The highest BCUT2D eigenvalue weighted by molar-refractivity contribution is 4.98. The van der Waals surface area contributed by atoms with Crippen LogP contribution in [0.4, 0.5) is 0 Å². The van der Waals surface area contributed by atoms with Crippen molar-refractivity contribution in [3.63, 3.8) is 0 Å². The van der Waals surface area contributed by atoms with Crippen LogP contribution in [0.15, 0.2) is 6.33 Å². The minimum absolute atomic E-state index is 0.358. The van der Waals surface area contributed by atoms with Crippen LogP contribution in [-0.4, -0.2) is 28.4 Å². The number of hydrogen-bond acceptors (Lipinski definition) is 3. The van der Waals surface area contributed by atoms with Gasteiger partial charge in [-0.1, -0.05) is 20.8 Å². The maximum absolute atomic E-state index is 4.43. The largest absolute Gasteiger partial charge is 0.319 e. The summed E-state index contributed by atoms with van der Waals surface area (Å²) in [5.41, 5.74) is 0.799. The molecular weight excluding hydrogens is 248 g/mol. The van der Waals surface area contributed by atoms with Gasteiger partial charge >= 0.3 is 0 Å². The highest BCUT2D eigenvalue weighted by Crippen LogP contribution is 2.46. The molecule has 1 aromatic rings. The first kappa shape index (κ1) is 15.5. The van der Waals surface area contributed by atoms with E-state index in [1.165, 1.54) is 25.7 Å². The summed E-state index contributed by atoms with van der Waals surface area (Å²) < 4.78 is 1.92. The van der Waals surface area contributed by atoms with Crippen LogP contribution in [0, 0.1) is 16.7 Å². The summed E-state index contributed by atoms with van der Waals surface area (Å²) in [5, 5.41) is 7.62. The van der Waals surface area contributed by atoms with Crippen LogP contribution in [0.1, 0.15) is 52.3 Å². The molecule has 1 N–H and O–H groups in total. The van der Waals surface area contributed by atoms with Crippen molar-refractivity contribution in [3.8, 4) is 0 Å². The van der Waals surface area contributed by atoms with E-state index in [1.54, 1.807) is 6.33 Å². The second-order valence-electron chi connectivity index (χ2n) is 7.65. The summed E-state index contributed by atoms with van der Waals surface area (Å²) in [6.45, 7) is 8.22. The number of nitrogens with zero attached hydrogens (tertiary/aromatic N) is 3. The third-order valence-corrected chi connectivity index (χ3v) is 5.16. The predicted octanol–water partition coefficient (Wildman–Crippen LogP) is 2.80. The molecule has 0 bridgehead atoms. The molecule has 0 aromatic carbocycles. The van der Waals surface area contributed by atoms with Crippen LogP contribution in [-0.2, 0) is 13.5 Å². The Morgan fingerprint density at radius 1 is 1.35 bits per heavy atom. The van der Waals surface area contributed by atoms with E-state index in [-0.39, 0.29) is 0 Å². The lowest BCUT2D eigenvalue weighted by Gasteiger charge is -2.44. The fraction of sp³-hybridized carbons (Fsp3) is 0.875. The van der Waals surface area contributed by atoms with Gasteiger partial charge in [0, 0.05) is 20.0 Å². The van der Waals surface area contributed by atoms with Gasteiger partial charge in [0.25, 0.3) is 0 Å². The van der Waals surface area contributed by atoms with Crippen molar-refractivity contribution < 1.29 is 0 Å². The molecule has 0 atom stereocenters. The van der Waals surface area contributed by atoms with Gasteiger partial charge in [-0.3, -0.25) is 4.68 Å². The number of nitrogens with one attached hydrogen (secondary N) is 1. The number of aryl methyl sites for hydroxylation is 1. The molecule has 1 heterocycles. The van der Waals surface area contributed by atoms with Crippen LogP contribution < -0.4 is 5.32 Å². The fourth-order valence-corrected chi connectivity index (χ4v) is 3.70. The molecule has 0 amide bonds. The van der Waals surface area contributed by atoms with Gasteiger partial charge in [0.15, 0.2) is 0 Å². The van der Waals surface area contributed by atoms with Gasteiger partial charge in [0.2, 0.25) is 0 Å². The first-order valence-corrected chi connectivity index (χ1v) is 7.84. The Labute approximate surface area is 123 Å². The van der Waals surface area contributed by atoms with Gasteiger partial charge < -0.3 is 5.32 Å². The first-order valence-electron chi connectivity index (χ1n) is 7.84. The minimum atomic E-state index is 0.358. The van der Waals surface area contributed by atoms with Gasteiger partial charge in [-0.05, 0) is 49.5 Å². The van der Waals surface area contributed by atoms with E-state index >= 15 is 0 Å². The molecule has 0 radical (unpaired) electrons. The highest BCUT2D eigenvalue weighted by Gasteiger charge is 2.39. The van der Waals surface area contributed by atoms with Crippen LogP contribution >= 0.6 is 0 Å². The van der Waals surface area contributed by atoms with E-state index in [1.807, 2.05) is 11.7 Å². The molecule has 1 fully saturated rings. The van der Waals surface area contributed by atoms with E-state index in [9.17, 15) is 0 Å². The van der Waals surface area contributed by atoms with Crippen molar-refractivity contribution in [1.29, 1.82) is 0 Å². The normalized spacial score (nSPS) is 27.8. The molecule has 0 saturated heterocycles. The number of rotatable bonds is 4. The lowest BCUT2D eigenvalue weighted by Crippen LogP contribution is -2.40. The molecule has 1 aromatic heterocycles. The van der Waals surface area contributed by atoms with Crippen molar-refractivity contribution in [2.45, 2.75) is 52.9 Å². The van der Waals surface area contributed by atoms with E-state index in [2.05, 4.69) is 43.2 Å². The second-order valence-corrected chi connectivity index (χ2v) is 7.65. The van der Waals surface area contributed by atoms with Crippen molar-refractivity contribution >= 4 is 0 Å².